The van der Waals surface area contributed by atoms with E-state index in [1.54, 1.807) is 25.1 Å². The fourth-order valence-corrected chi connectivity index (χ4v) is 6.45. The molecule has 0 saturated carbocycles. The molecule has 5 aromatic rings. The maximum Gasteiger partial charge on any atom is 0.258 e. The van der Waals surface area contributed by atoms with Gasteiger partial charge in [-0.2, -0.15) is 0 Å². The van der Waals surface area contributed by atoms with Crippen LogP contribution in [0.4, 0.5) is 0 Å². The lowest BCUT2D eigenvalue weighted by Crippen LogP contribution is -2.64. The third kappa shape index (κ3) is 4.99. The lowest BCUT2D eigenvalue weighted by molar-refractivity contribution is -0.00752. The second-order valence-electron chi connectivity index (χ2n) is 11.6. The van der Waals surface area contributed by atoms with E-state index < -0.39 is 0 Å². The van der Waals surface area contributed by atoms with Crippen molar-refractivity contribution < 1.29 is 14.0 Å². The van der Waals surface area contributed by atoms with Gasteiger partial charge in [0.05, 0.1) is 17.0 Å². The van der Waals surface area contributed by atoms with Gasteiger partial charge >= 0.3 is 0 Å². The minimum absolute atomic E-state index is 0.0535. The Morgan fingerprint density at radius 2 is 1.39 bits per heavy atom. The Balaban J connectivity index is 1.18. The van der Waals surface area contributed by atoms with E-state index >= 15 is 0 Å². The van der Waals surface area contributed by atoms with Gasteiger partial charge < -0.3 is 14.2 Å². The number of hydrogen-bond acceptors (Lipinski definition) is 5. The van der Waals surface area contributed by atoms with Crippen LogP contribution in [0.25, 0.3) is 22.3 Å². The molecule has 2 amide bonds. The number of hydrogen-bond donors (Lipinski definition) is 0. The molecule has 0 radical (unpaired) electrons. The predicted octanol–water partition coefficient (Wildman–Crippen LogP) is 5.79. The summed E-state index contributed by atoms with van der Waals surface area (Å²) in [6.45, 7) is 4.95. The Morgan fingerprint density at radius 3 is 2.09 bits per heavy atom. The summed E-state index contributed by atoms with van der Waals surface area (Å²) >= 11 is 0. The number of nitrogens with zero attached hydrogens (tertiary/aromatic N) is 3. The maximum absolute atomic E-state index is 14.4. The van der Waals surface area contributed by atoms with Gasteiger partial charge in [0.15, 0.2) is 11.0 Å². The average Bonchev–Trinajstić information content (AvgIpc) is 3.06. The molecular formula is C37H33N3O4. The number of amides is 2. The maximum atomic E-state index is 14.4. The van der Waals surface area contributed by atoms with Gasteiger partial charge in [0, 0.05) is 55.5 Å². The zero-order valence-corrected chi connectivity index (χ0v) is 24.6. The first-order valence-electron chi connectivity index (χ1n) is 15.1. The number of piperazine rings is 1. The van der Waals surface area contributed by atoms with Crippen molar-refractivity contribution in [2.45, 2.75) is 19.0 Å². The highest BCUT2D eigenvalue weighted by molar-refractivity contribution is 6.05. The van der Waals surface area contributed by atoms with Gasteiger partial charge in [-0.05, 0) is 36.8 Å². The number of para-hydroxylation sites is 1. The first-order valence-corrected chi connectivity index (χ1v) is 15.1. The van der Waals surface area contributed by atoms with Crippen LogP contribution in [-0.4, -0.2) is 65.3 Å². The summed E-state index contributed by atoms with van der Waals surface area (Å²) in [7, 11) is 0. The Morgan fingerprint density at radius 1 is 0.727 bits per heavy atom. The molecule has 4 aromatic carbocycles. The molecule has 7 rings (SSSR count). The summed E-state index contributed by atoms with van der Waals surface area (Å²) in [5, 5.41) is 0.403. The van der Waals surface area contributed by atoms with Crippen molar-refractivity contribution in [3.63, 3.8) is 0 Å². The molecule has 0 spiro atoms. The number of fused-ring (bicyclic) bond motifs is 1. The van der Waals surface area contributed by atoms with Crippen molar-refractivity contribution in [3.05, 3.63) is 142 Å². The van der Waals surface area contributed by atoms with Gasteiger partial charge in [-0.15, -0.1) is 0 Å². The summed E-state index contributed by atoms with van der Waals surface area (Å²) in [6.07, 6.45) is 0. The van der Waals surface area contributed by atoms with E-state index in [1.807, 2.05) is 88.7 Å². The van der Waals surface area contributed by atoms with E-state index in [0.717, 1.165) is 11.1 Å². The quantitative estimate of drug-likeness (QED) is 0.262. The fourth-order valence-electron chi connectivity index (χ4n) is 6.45. The standard InChI is InChI=1S/C37H33N3O4/c1-25-33(41)30-18-11-19-31(35(30)44-34(25)27-14-7-3-8-15-27)37(43)40-21-20-38(24-32(40)26-12-5-2-6-13-26)29-22-39(23-29)36(42)28-16-9-4-10-17-28/h2-19,29,32H,20-24H2,1H3. The van der Waals surface area contributed by atoms with Gasteiger partial charge in [0.1, 0.15) is 5.76 Å². The first-order chi connectivity index (χ1) is 21.5. The molecule has 0 aliphatic carbocycles. The summed E-state index contributed by atoms with van der Waals surface area (Å²) in [6, 6.07) is 34.3. The van der Waals surface area contributed by atoms with E-state index in [0.29, 0.717) is 66.1 Å². The van der Waals surface area contributed by atoms with E-state index in [2.05, 4.69) is 17.0 Å². The van der Waals surface area contributed by atoms with Crippen LogP contribution in [-0.2, 0) is 0 Å². The smallest absolute Gasteiger partial charge is 0.258 e. The molecule has 1 unspecified atom stereocenters. The van der Waals surface area contributed by atoms with Gasteiger partial charge in [-0.25, -0.2) is 0 Å². The molecule has 2 aliphatic rings. The average molecular weight is 584 g/mol. The SMILES string of the molecule is Cc1c(-c2ccccc2)oc2c(C(=O)N3CCN(C4CN(C(=O)c5ccccc5)C4)CC3c3ccccc3)cccc2c1=O. The third-order valence-corrected chi connectivity index (χ3v) is 8.95. The van der Waals surface area contributed by atoms with Crippen LogP contribution in [0.15, 0.2) is 118 Å². The van der Waals surface area contributed by atoms with Crippen LogP contribution in [0.1, 0.15) is 37.9 Å². The minimum Gasteiger partial charge on any atom is -0.455 e. The Kier molecular flexibility index (Phi) is 7.32. The zero-order valence-electron chi connectivity index (χ0n) is 24.6. The lowest BCUT2D eigenvalue weighted by Gasteiger charge is -2.50. The zero-order chi connectivity index (χ0) is 30.2. The van der Waals surface area contributed by atoms with E-state index in [9.17, 15) is 14.4 Å². The van der Waals surface area contributed by atoms with Crippen LogP contribution in [0.5, 0.6) is 0 Å². The highest BCUT2D eigenvalue weighted by atomic mass is 16.3. The Bertz CT molecular complexity index is 1880. The van der Waals surface area contributed by atoms with Crippen molar-refractivity contribution in [2.24, 2.45) is 0 Å². The van der Waals surface area contributed by atoms with Gasteiger partial charge in [0.25, 0.3) is 11.8 Å². The molecule has 220 valence electrons. The molecule has 7 nitrogen and oxygen atoms in total. The minimum atomic E-state index is -0.197. The van der Waals surface area contributed by atoms with Crippen molar-refractivity contribution in [1.29, 1.82) is 0 Å². The topological polar surface area (TPSA) is 74.1 Å². The Labute approximate surface area is 255 Å². The van der Waals surface area contributed by atoms with Crippen LogP contribution in [0.3, 0.4) is 0 Å². The number of carbonyl (C=O) groups excluding carboxylic acids is 2. The van der Waals surface area contributed by atoms with Crippen LogP contribution in [0.2, 0.25) is 0 Å². The summed E-state index contributed by atoms with van der Waals surface area (Å²) in [5.41, 5.74) is 3.63. The number of benzene rings is 4. The molecule has 44 heavy (non-hydrogen) atoms. The van der Waals surface area contributed by atoms with Crippen molar-refractivity contribution in [1.82, 2.24) is 14.7 Å². The van der Waals surface area contributed by atoms with Crippen molar-refractivity contribution >= 4 is 22.8 Å². The predicted molar refractivity (Wildman–Crippen MR) is 171 cm³/mol. The number of rotatable bonds is 5. The summed E-state index contributed by atoms with van der Waals surface area (Å²) < 4.78 is 6.40. The van der Waals surface area contributed by atoms with E-state index in [1.165, 1.54) is 0 Å². The molecule has 0 bridgehead atoms. The van der Waals surface area contributed by atoms with Gasteiger partial charge in [-0.1, -0.05) is 84.9 Å². The molecule has 1 atom stereocenters. The third-order valence-electron chi connectivity index (χ3n) is 8.95. The molecule has 3 heterocycles. The van der Waals surface area contributed by atoms with Crippen LogP contribution < -0.4 is 5.43 Å². The molecule has 2 fully saturated rings. The summed E-state index contributed by atoms with van der Waals surface area (Å²) in [4.78, 5) is 47.0. The van der Waals surface area contributed by atoms with Crippen molar-refractivity contribution in [2.75, 3.05) is 32.7 Å². The monoisotopic (exact) mass is 583 g/mol. The van der Waals surface area contributed by atoms with Crippen LogP contribution in [0, 0.1) is 6.92 Å². The second-order valence-corrected chi connectivity index (χ2v) is 11.6. The fraction of sp³-hybridized carbons (Fsp3) is 0.216. The molecular weight excluding hydrogens is 550 g/mol. The number of likely N-dealkylation sites (tertiary alicyclic amines) is 1. The molecule has 7 heteroatoms. The summed E-state index contributed by atoms with van der Waals surface area (Å²) in [5.74, 6) is 0.370. The van der Waals surface area contributed by atoms with E-state index in [-0.39, 0.29) is 29.3 Å². The number of carbonyl (C=O) groups is 2. The molecule has 2 saturated heterocycles. The Hall–Kier alpha value is -5.01. The second kappa shape index (κ2) is 11.6. The van der Waals surface area contributed by atoms with E-state index in [4.69, 9.17) is 4.42 Å². The highest BCUT2D eigenvalue weighted by Gasteiger charge is 2.40. The largest absolute Gasteiger partial charge is 0.455 e. The first kappa shape index (κ1) is 27.8. The van der Waals surface area contributed by atoms with Gasteiger partial charge in [0.2, 0.25) is 0 Å². The van der Waals surface area contributed by atoms with Gasteiger partial charge in [-0.3, -0.25) is 19.3 Å². The highest BCUT2D eigenvalue weighted by Crippen LogP contribution is 2.33. The van der Waals surface area contributed by atoms with Crippen LogP contribution >= 0.6 is 0 Å². The lowest BCUT2D eigenvalue weighted by atomic mass is 9.97. The van der Waals surface area contributed by atoms with Crippen molar-refractivity contribution in [3.8, 4) is 11.3 Å². The molecule has 1 aromatic heterocycles. The molecule has 2 aliphatic heterocycles. The molecule has 0 N–H and O–H groups in total. The normalized spacial score (nSPS) is 17.4.